The number of nitrogens with one attached hydrogen (secondary N) is 1. The molecular weight excluding hydrogens is 252 g/mol. The molecule has 1 N–H and O–H groups in total. The summed E-state index contributed by atoms with van der Waals surface area (Å²) in [5.41, 5.74) is -0.154. The maximum Gasteiger partial charge on any atom is 0.231 e. The Hall–Kier alpha value is -0.320. The highest BCUT2D eigenvalue weighted by atomic mass is 35.5. The molecule has 4 rings (SSSR count). The van der Waals surface area contributed by atoms with E-state index < -0.39 is 0 Å². The molecule has 3 aliphatic heterocycles. The Bertz CT molecular complexity index is 316. The Kier molecular flexibility index (Phi) is 4.19. The van der Waals surface area contributed by atoms with Gasteiger partial charge in [0.1, 0.15) is 0 Å². The maximum atomic E-state index is 12.6. The van der Waals surface area contributed by atoms with E-state index in [1.807, 2.05) is 0 Å². The molecule has 18 heavy (non-hydrogen) atoms. The summed E-state index contributed by atoms with van der Waals surface area (Å²) < 4.78 is 5.23. The molecule has 4 nitrogen and oxygen atoms in total. The van der Waals surface area contributed by atoms with Crippen molar-refractivity contribution in [2.75, 3.05) is 33.4 Å². The van der Waals surface area contributed by atoms with E-state index in [-0.39, 0.29) is 17.8 Å². The highest BCUT2D eigenvalue weighted by molar-refractivity contribution is 5.86. The van der Waals surface area contributed by atoms with E-state index in [1.54, 1.807) is 7.11 Å². The number of methoxy groups -OCH3 is 1. The van der Waals surface area contributed by atoms with Gasteiger partial charge < -0.3 is 15.0 Å². The molecule has 2 atom stereocenters. The standard InChI is InChI=1S/C13H22N2O2.ClH/c1-17-9-13(4-5-13)12(16)15-8-10-2-3-11(15)7-14-6-10;/h10-11,14H,2-9H2,1H3;1H/t10-,11+;/m1./s1. The van der Waals surface area contributed by atoms with E-state index in [4.69, 9.17) is 4.74 Å². The molecule has 0 spiro atoms. The van der Waals surface area contributed by atoms with Gasteiger partial charge >= 0.3 is 0 Å². The molecule has 4 fully saturated rings. The highest BCUT2D eigenvalue weighted by Crippen LogP contribution is 2.48. The molecule has 0 unspecified atom stereocenters. The number of amides is 1. The van der Waals surface area contributed by atoms with Gasteiger partial charge in [-0.2, -0.15) is 0 Å². The summed E-state index contributed by atoms with van der Waals surface area (Å²) in [6.07, 6.45) is 4.48. The number of rotatable bonds is 3. The van der Waals surface area contributed by atoms with E-state index in [1.165, 1.54) is 12.8 Å². The van der Waals surface area contributed by atoms with Crippen LogP contribution in [-0.2, 0) is 9.53 Å². The van der Waals surface area contributed by atoms with Crippen molar-refractivity contribution < 1.29 is 9.53 Å². The van der Waals surface area contributed by atoms with Crippen LogP contribution in [0.2, 0.25) is 0 Å². The van der Waals surface area contributed by atoms with Crippen molar-refractivity contribution in [3.05, 3.63) is 0 Å². The number of halogens is 1. The zero-order chi connectivity index (χ0) is 11.9. The van der Waals surface area contributed by atoms with Gasteiger partial charge in [-0.25, -0.2) is 0 Å². The van der Waals surface area contributed by atoms with Gasteiger partial charge in [0.2, 0.25) is 5.91 Å². The molecule has 0 aromatic carbocycles. The van der Waals surface area contributed by atoms with E-state index >= 15 is 0 Å². The summed E-state index contributed by atoms with van der Waals surface area (Å²) in [5.74, 6) is 1.02. The fourth-order valence-electron chi connectivity index (χ4n) is 3.34. The van der Waals surface area contributed by atoms with Crippen molar-refractivity contribution in [2.24, 2.45) is 11.3 Å². The Morgan fingerprint density at radius 1 is 1.39 bits per heavy atom. The monoisotopic (exact) mass is 274 g/mol. The first-order valence-corrected chi connectivity index (χ1v) is 6.76. The zero-order valence-electron chi connectivity index (χ0n) is 11.0. The lowest BCUT2D eigenvalue weighted by molar-refractivity contribution is -0.143. The molecule has 2 bridgehead atoms. The summed E-state index contributed by atoms with van der Waals surface area (Å²) >= 11 is 0. The number of carbonyl (C=O) groups is 1. The SMILES string of the molecule is COCC1(C(=O)N2C[C@@H]3CC[C@H]2CNC3)CC1.Cl. The van der Waals surface area contributed by atoms with Gasteiger partial charge in [0, 0.05) is 26.2 Å². The Morgan fingerprint density at radius 3 is 2.83 bits per heavy atom. The third-order valence-electron chi connectivity index (χ3n) is 4.61. The molecule has 1 saturated carbocycles. The van der Waals surface area contributed by atoms with Crippen molar-refractivity contribution in [1.82, 2.24) is 10.2 Å². The van der Waals surface area contributed by atoms with Gasteiger partial charge in [0.15, 0.2) is 0 Å². The average molecular weight is 275 g/mol. The van der Waals surface area contributed by atoms with Crippen LogP contribution in [0.4, 0.5) is 0 Å². The number of carbonyl (C=O) groups excluding carboxylic acids is 1. The number of nitrogens with zero attached hydrogens (tertiary/aromatic N) is 1. The summed E-state index contributed by atoms with van der Waals surface area (Å²) in [7, 11) is 1.70. The van der Waals surface area contributed by atoms with E-state index in [0.29, 0.717) is 24.5 Å². The minimum Gasteiger partial charge on any atom is -0.384 e. The fraction of sp³-hybridized carbons (Fsp3) is 0.923. The molecule has 0 aromatic rings. The molecule has 4 aliphatic rings. The van der Waals surface area contributed by atoms with Crippen molar-refractivity contribution in [3.63, 3.8) is 0 Å². The van der Waals surface area contributed by atoms with Gasteiger partial charge in [0.25, 0.3) is 0 Å². The van der Waals surface area contributed by atoms with Crippen LogP contribution >= 0.6 is 12.4 Å². The van der Waals surface area contributed by atoms with Crippen LogP contribution in [0.3, 0.4) is 0 Å². The largest absolute Gasteiger partial charge is 0.384 e. The number of hydrogen-bond donors (Lipinski definition) is 1. The normalized spacial score (nSPS) is 32.6. The first-order chi connectivity index (χ1) is 8.25. The lowest BCUT2D eigenvalue weighted by Crippen LogP contribution is -2.50. The van der Waals surface area contributed by atoms with Crippen molar-refractivity contribution in [1.29, 1.82) is 0 Å². The summed E-state index contributed by atoms with van der Waals surface area (Å²) in [5, 5.41) is 3.47. The van der Waals surface area contributed by atoms with Gasteiger partial charge in [-0.15, -0.1) is 12.4 Å². The van der Waals surface area contributed by atoms with Crippen molar-refractivity contribution in [3.8, 4) is 0 Å². The minimum atomic E-state index is -0.154. The molecule has 104 valence electrons. The van der Waals surface area contributed by atoms with Gasteiger partial charge in [-0.1, -0.05) is 0 Å². The topological polar surface area (TPSA) is 41.6 Å². The highest BCUT2D eigenvalue weighted by Gasteiger charge is 2.53. The Morgan fingerprint density at radius 2 is 2.17 bits per heavy atom. The first kappa shape index (κ1) is 14.1. The van der Waals surface area contributed by atoms with Crippen LogP contribution < -0.4 is 5.32 Å². The first-order valence-electron chi connectivity index (χ1n) is 6.76. The number of piperidine rings is 1. The van der Waals surface area contributed by atoms with E-state index in [2.05, 4.69) is 10.2 Å². The van der Waals surface area contributed by atoms with Crippen LogP contribution in [-0.4, -0.2) is 50.2 Å². The van der Waals surface area contributed by atoms with E-state index in [0.717, 1.165) is 32.5 Å². The average Bonchev–Trinajstić information content (AvgIpc) is 3.13. The zero-order valence-corrected chi connectivity index (χ0v) is 11.8. The fourth-order valence-corrected chi connectivity index (χ4v) is 3.34. The maximum absolute atomic E-state index is 12.6. The second kappa shape index (κ2) is 5.35. The molecule has 1 aliphatic carbocycles. The summed E-state index contributed by atoms with van der Waals surface area (Å²) in [6.45, 7) is 3.62. The number of hydrogen-bond acceptors (Lipinski definition) is 3. The summed E-state index contributed by atoms with van der Waals surface area (Å²) in [4.78, 5) is 14.8. The van der Waals surface area contributed by atoms with Crippen molar-refractivity contribution in [2.45, 2.75) is 31.7 Å². The molecule has 3 saturated heterocycles. The molecule has 0 radical (unpaired) electrons. The smallest absolute Gasteiger partial charge is 0.231 e. The predicted molar refractivity (Wildman–Crippen MR) is 71.9 cm³/mol. The molecule has 3 heterocycles. The molecule has 0 aromatic heterocycles. The van der Waals surface area contributed by atoms with Crippen molar-refractivity contribution >= 4 is 18.3 Å². The minimum absolute atomic E-state index is 0. The second-order valence-electron chi connectivity index (χ2n) is 5.93. The number of fused-ring (bicyclic) bond motifs is 4. The van der Waals surface area contributed by atoms with Crippen LogP contribution in [0, 0.1) is 11.3 Å². The van der Waals surface area contributed by atoms with Crippen LogP contribution in [0.5, 0.6) is 0 Å². The third kappa shape index (κ3) is 2.38. The summed E-state index contributed by atoms with van der Waals surface area (Å²) in [6, 6.07) is 0.426. The van der Waals surface area contributed by atoms with Gasteiger partial charge in [-0.3, -0.25) is 4.79 Å². The lowest BCUT2D eigenvalue weighted by atomic mass is 9.93. The van der Waals surface area contributed by atoms with Gasteiger partial charge in [-0.05, 0) is 38.1 Å². The Balaban J connectivity index is 0.00000120. The van der Waals surface area contributed by atoms with Gasteiger partial charge in [0.05, 0.1) is 12.0 Å². The van der Waals surface area contributed by atoms with Crippen LogP contribution in [0.15, 0.2) is 0 Å². The Labute approximate surface area is 115 Å². The van der Waals surface area contributed by atoms with Crippen LogP contribution in [0.25, 0.3) is 0 Å². The molecule has 1 amide bonds. The van der Waals surface area contributed by atoms with Crippen LogP contribution in [0.1, 0.15) is 25.7 Å². The molecule has 5 heteroatoms. The predicted octanol–water partition coefficient (Wildman–Crippen LogP) is 1.05. The lowest BCUT2D eigenvalue weighted by Gasteiger charge is -2.38. The second-order valence-corrected chi connectivity index (χ2v) is 5.93. The third-order valence-corrected chi connectivity index (χ3v) is 4.61. The quantitative estimate of drug-likeness (QED) is 0.836. The number of ether oxygens (including phenoxy) is 1. The van der Waals surface area contributed by atoms with E-state index in [9.17, 15) is 4.79 Å². The molecular formula is C13H23ClN2O2.